The molecule has 0 aromatic heterocycles. The molecule has 2 unspecified atom stereocenters. The van der Waals surface area contributed by atoms with Crippen molar-refractivity contribution in [3.05, 3.63) is 29.8 Å². The van der Waals surface area contributed by atoms with Crippen LogP contribution in [0.1, 0.15) is 50.9 Å². The zero-order valence-corrected chi connectivity index (χ0v) is 11.2. The Labute approximate surface area is 104 Å². The van der Waals surface area contributed by atoms with Gasteiger partial charge < -0.3 is 4.74 Å². The highest BCUT2D eigenvalue weighted by molar-refractivity contribution is 6.00. The number of Topliss-reactive ketones (excluding diaryl/α,β-unsaturated/α-hetero) is 1. The third-order valence-electron chi connectivity index (χ3n) is 3.12. The summed E-state index contributed by atoms with van der Waals surface area (Å²) in [6.07, 6.45) is 1.93. The van der Waals surface area contributed by atoms with Gasteiger partial charge in [0.15, 0.2) is 5.78 Å². The van der Waals surface area contributed by atoms with Crippen molar-refractivity contribution in [3.63, 3.8) is 0 Å². The summed E-state index contributed by atoms with van der Waals surface area (Å²) in [5.74, 6) is 0.940. The van der Waals surface area contributed by atoms with Gasteiger partial charge in [-0.15, -0.1) is 0 Å². The number of ketones is 1. The van der Waals surface area contributed by atoms with Gasteiger partial charge in [-0.3, -0.25) is 4.79 Å². The van der Waals surface area contributed by atoms with Crippen LogP contribution in [-0.2, 0) is 0 Å². The van der Waals surface area contributed by atoms with Gasteiger partial charge in [0.25, 0.3) is 0 Å². The highest BCUT2D eigenvalue weighted by Gasteiger charge is 2.18. The second-order valence-electron chi connectivity index (χ2n) is 4.51. The SMILES string of the molecule is CCC(C)Oc1ccccc1C(=O)C(C)CC. The monoisotopic (exact) mass is 234 g/mol. The molecule has 0 fully saturated rings. The average Bonchev–Trinajstić information content (AvgIpc) is 2.37. The molecule has 94 valence electrons. The fourth-order valence-electron chi connectivity index (χ4n) is 1.52. The van der Waals surface area contributed by atoms with E-state index in [-0.39, 0.29) is 17.8 Å². The molecular weight excluding hydrogens is 212 g/mol. The van der Waals surface area contributed by atoms with E-state index in [1.165, 1.54) is 0 Å². The molecule has 0 aliphatic carbocycles. The Morgan fingerprint density at radius 3 is 2.41 bits per heavy atom. The van der Waals surface area contributed by atoms with E-state index in [2.05, 4.69) is 6.92 Å². The number of hydrogen-bond acceptors (Lipinski definition) is 2. The van der Waals surface area contributed by atoms with Crippen molar-refractivity contribution in [3.8, 4) is 5.75 Å². The van der Waals surface area contributed by atoms with Gasteiger partial charge in [-0.05, 0) is 31.9 Å². The maximum atomic E-state index is 12.2. The number of rotatable bonds is 6. The standard InChI is InChI=1S/C15H22O2/c1-5-11(3)15(16)13-9-7-8-10-14(13)17-12(4)6-2/h7-12H,5-6H2,1-4H3. The molecule has 0 amide bonds. The zero-order chi connectivity index (χ0) is 12.8. The van der Waals surface area contributed by atoms with Crippen molar-refractivity contribution in [2.45, 2.75) is 46.6 Å². The van der Waals surface area contributed by atoms with Gasteiger partial charge in [0.05, 0.1) is 11.7 Å². The summed E-state index contributed by atoms with van der Waals surface area (Å²) in [5.41, 5.74) is 0.710. The zero-order valence-electron chi connectivity index (χ0n) is 11.2. The smallest absolute Gasteiger partial charge is 0.169 e. The summed E-state index contributed by atoms with van der Waals surface area (Å²) in [6, 6.07) is 7.53. The second kappa shape index (κ2) is 6.43. The molecule has 0 aliphatic rings. The van der Waals surface area contributed by atoms with Gasteiger partial charge in [0.2, 0.25) is 0 Å². The quantitative estimate of drug-likeness (QED) is 0.693. The van der Waals surface area contributed by atoms with E-state index >= 15 is 0 Å². The minimum absolute atomic E-state index is 0.0525. The lowest BCUT2D eigenvalue weighted by atomic mass is 9.96. The Morgan fingerprint density at radius 1 is 1.18 bits per heavy atom. The third kappa shape index (κ3) is 3.58. The van der Waals surface area contributed by atoms with Crippen LogP contribution in [0.3, 0.4) is 0 Å². The summed E-state index contributed by atoms with van der Waals surface area (Å²) < 4.78 is 5.79. The normalized spacial score (nSPS) is 14.1. The van der Waals surface area contributed by atoms with Crippen molar-refractivity contribution < 1.29 is 9.53 Å². The molecular formula is C15H22O2. The number of hydrogen-bond donors (Lipinski definition) is 0. The van der Waals surface area contributed by atoms with Crippen LogP contribution in [0.5, 0.6) is 5.75 Å². The molecule has 2 heteroatoms. The fraction of sp³-hybridized carbons (Fsp3) is 0.533. The second-order valence-corrected chi connectivity index (χ2v) is 4.51. The highest BCUT2D eigenvalue weighted by atomic mass is 16.5. The van der Waals surface area contributed by atoms with Crippen LogP contribution >= 0.6 is 0 Å². The van der Waals surface area contributed by atoms with Gasteiger partial charge >= 0.3 is 0 Å². The largest absolute Gasteiger partial charge is 0.490 e. The van der Waals surface area contributed by atoms with Crippen molar-refractivity contribution >= 4 is 5.78 Å². The lowest BCUT2D eigenvalue weighted by Crippen LogP contribution is -2.15. The number of ether oxygens (including phenoxy) is 1. The first-order chi connectivity index (χ1) is 8.10. The van der Waals surface area contributed by atoms with Crippen molar-refractivity contribution in [2.24, 2.45) is 5.92 Å². The molecule has 2 nitrogen and oxygen atoms in total. The summed E-state index contributed by atoms with van der Waals surface area (Å²) in [6.45, 7) is 8.08. The molecule has 0 N–H and O–H groups in total. The third-order valence-corrected chi connectivity index (χ3v) is 3.12. The van der Waals surface area contributed by atoms with Crippen molar-refractivity contribution in [1.82, 2.24) is 0 Å². The van der Waals surface area contributed by atoms with Crippen LogP contribution in [-0.4, -0.2) is 11.9 Å². The van der Waals surface area contributed by atoms with Gasteiger partial charge in [-0.1, -0.05) is 32.9 Å². The molecule has 1 aromatic rings. The van der Waals surface area contributed by atoms with E-state index in [4.69, 9.17) is 4.74 Å². The predicted octanol–water partition coefficient (Wildman–Crippen LogP) is 4.09. The lowest BCUT2D eigenvalue weighted by molar-refractivity contribution is 0.0920. The van der Waals surface area contributed by atoms with Crippen LogP contribution in [0.4, 0.5) is 0 Å². The number of carbonyl (C=O) groups excluding carboxylic acids is 1. The fourth-order valence-corrected chi connectivity index (χ4v) is 1.52. The predicted molar refractivity (Wildman–Crippen MR) is 70.6 cm³/mol. The Hall–Kier alpha value is -1.31. The van der Waals surface area contributed by atoms with Crippen LogP contribution in [0, 0.1) is 5.92 Å². The topological polar surface area (TPSA) is 26.3 Å². The van der Waals surface area contributed by atoms with Gasteiger partial charge in [0, 0.05) is 5.92 Å². The molecule has 1 aromatic carbocycles. The summed E-state index contributed by atoms with van der Waals surface area (Å²) in [4.78, 5) is 12.2. The van der Waals surface area contributed by atoms with E-state index in [0.29, 0.717) is 11.3 Å². The van der Waals surface area contributed by atoms with E-state index in [1.54, 1.807) is 0 Å². The van der Waals surface area contributed by atoms with Gasteiger partial charge in [-0.2, -0.15) is 0 Å². The first-order valence-corrected chi connectivity index (χ1v) is 6.40. The van der Waals surface area contributed by atoms with Gasteiger partial charge in [0.1, 0.15) is 5.75 Å². The number of para-hydroxylation sites is 1. The van der Waals surface area contributed by atoms with E-state index in [9.17, 15) is 4.79 Å². The van der Waals surface area contributed by atoms with E-state index in [0.717, 1.165) is 12.8 Å². The molecule has 0 saturated carbocycles. The van der Waals surface area contributed by atoms with Gasteiger partial charge in [-0.25, -0.2) is 0 Å². The van der Waals surface area contributed by atoms with E-state index in [1.807, 2.05) is 45.0 Å². The summed E-state index contributed by atoms with van der Waals surface area (Å²) >= 11 is 0. The Kier molecular flexibility index (Phi) is 5.20. The molecule has 0 heterocycles. The maximum absolute atomic E-state index is 12.2. The Bertz CT molecular complexity index is 371. The first-order valence-electron chi connectivity index (χ1n) is 6.40. The average molecular weight is 234 g/mol. The molecule has 0 spiro atoms. The molecule has 0 bridgehead atoms. The lowest BCUT2D eigenvalue weighted by Gasteiger charge is -2.17. The molecule has 0 radical (unpaired) electrons. The first kappa shape index (κ1) is 13.8. The molecule has 0 aliphatic heterocycles. The van der Waals surface area contributed by atoms with Crippen LogP contribution in [0.2, 0.25) is 0 Å². The maximum Gasteiger partial charge on any atom is 0.169 e. The van der Waals surface area contributed by atoms with Crippen LogP contribution in [0.25, 0.3) is 0 Å². The van der Waals surface area contributed by atoms with Crippen molar-refractivity contribution in [2.75, 3.05) is 0 Å². The number of benzene rings is 1. The van der Waals surface area contributed by atoms with E-state index < -0.39 is 0 Å². The minimum Gasteiger partial charge on any atom is -0.490 e. The Balaban J connectivity index is 2.95. The Morgan fingerprint density at radius 2 is 1.82 bits per heavy atom. The van der Waals surface area contributed by atoms with Crippen LogP contribution < -0.4 is 4.74 Å². The molecule has 0 saturated heterocycles. The highest BCUT2D eigenvalue weighted by Crippen LogP contribution is 2.24. The van der Waals surface area contributed by atoms with Crippen molar-refractivity contribution in [1.29, 1.82) is 0 Å². The van der Waals surface area contributed by atoms with Crippen LogP contribution in [0.15, 0.2) is 24.3 Å². The minimum atomic E-state index is 0.0525. The number of carbonyl (C=O) groups is 1. The summed E-state index contributed by atoms with van der Waals surface area (Å²) in [5, 5.41) is 0. The summed E-state index contributed by atoms with van der Waals surface area (Å²) in [7, 11) is 0. The molecule has 2 atom stereocenters. The molecule has 17 heavy (non-hydrogen) atoms. The molecule has 1 rings (SSSR count).